The lowest BCUT2D eigenvalue weighted by Gasteiger charge is -2.19. The van der Waals surface area contributed by atoms with Crippen molar-refractivity contribution in [3.05, 3.63) is 29.6 Å². The summed E-state index contributed by atoms with van der Waals surface area (Å²) in [5.41, 5.74) is 0.195. The summed E-state index contributed by atoms with van der Waals surface area (Å²) in [6.45, 7) is 5.49. The van der Waals surface area contributed by atoms with Gasteiger partial charge in [-0.15, -0.1) is 0 Å². The average molecular weight is 399 g/mol. The Kier molecular flexibility index (Phi) is 6.43. The fraction of sp³-hybridized carbons (Fsp3) is 0.700. The number of hydrogen-bond donors (Lipinski definition) is 2. The molecular formula is C20H31FN2O3S. The fourth-order valence-electron chi connectivity index (χ4n) is 3.13. The summed E-state index contributed by atoms with van der Waals surface area (Å²) in [4.78, 5) is 0. The molecule has 0 spiro atoms. The van der Waals surface area contributed by atoms with Crippen LogP contribution in [0.3, 0.4) is 0 Å². The largest absolute Gasteiger partial charge is 0.490 e. The summed E-state index contributed by atoms with van der Waals surface area (Å²) in [5.74, 6) is 0.479. The number of unbranched alkanes of at least 4 members (excludes halogenated alkanes) is 1. The Morgan fingerprint density at radius 3 is 2.63 bits per heavy atom. The third kappa shape index (κ3) is 6.16. The molecule has 0 unspecified atom stereocenters. The van der Waals surface area contributed by atoms with Gasteiger partial charge in [0.05, 0.1) is 17.9 Å². The molecule has 0 bridgehead atoms. The van der Waals surface area contributed by atoms with Gasteiger partial charge in [-0.25, -0.2) is 17.5 Å². The minimum atomic E-state index is -3.38. The molecule has 0 aromatic heterocycles. The number of sulfonamides is 1. The fourth-order valence-corrected chi connectivity index (χ4v) is 4.74. The first-order valence-electron chi connectivity index (χ1n) is 9.97. The van der Waals surface area contributed by atoms with E-state index < -0.39 is 21.4 Å². The molecule has 1 aromatic carbocycles. The zero-order valence-corrected chi connectivity index (χ0v) is 17.1. The van der Waals surface area contributed by atoms with Crippen molar-refractivity contribution in [2.45, 2.75) is 64.0 Å². The van der Waals surface area contributed by atoms with Crippen LogP contribution in [0, 0.1) is 11.7 Å². The molecule has 3 rings (SSSR count). The Morgan fingerprint density at radius 2 is 2.00 bits per heavy atom. The van der Waals surface area contributed by atoms with Crippen LogP contribution < -0.4 is 14.8 Å². The maximum Gasteiger partial charge on any atom is 0.212 e. The standard InChI is InChI=1S/C20H31FN2O3S/c1-15(2)22-11-3-4-12-27(24,25)23-20(9-10-20)17-7-8-18(21)19(13-17)26-14-16-5-6-16/h7-8,13,15-16,22-23H,3-6,9-12,14H2,1-2H3. The number of rotatable bonds is 12. The Balaban J connectivity index is 1.56. The van der Waals surface area contributed by atoms with Gasteiger partial charge in [0, 0.05) is 6.04 Å². The second kappa shape index (κ2) is 8.45. The first-order valence-corrected chi connectivity index (χ1v) is 11.6. The van der Waals surface area contributed by atoms with Gasteiger partial charge in [0.1, 0.15) is 0 Å². The summed E-state index contributed by atoms with van der Waals surface area (Å²) in [7, 11) is -3.38. The average Bonchev–Trinajstić information content (AvgIpc) is 3.49. The highest BCUT2D eigenvalue weighted by atomic mass is 32.2. The van der Waals surface area contributed by atoms with Crippen molar-refractivity contribution >= 4 is 10.0 Å². The second-order valence-electron chi connectivity index (χ2n) is 8.22. The molecule has 0 heterocycles. The first-order chi connectivity index (χ1) is 12.8. The molecule has 2 fully saturated rings. The molecule has 0 radical (unpaired) electrons. The molecule has 7 heteroatoms. The molecule has 27 heavy (non-hydrogen) atoms. The molecule has 0 atom stereocenters. The lowest BCUT2D eigenvalue weighted by Crippen LogP contribution is -2.36. The van der Waals surface area contributed by atoms with Gasteiger partial charge in [-0.1, -0.05) is 19.9 Å². The lowest BCUT2D eigenvalue weighted by molar-refractivity contribution is 0.284. The predicted octanol–water partition coefficient (Wildman–Crippen LogP) is 3.30. The minimum absolute atomic E-state index is 0.112. The summed E-state index contributed by atoms with van der Waals surface area (Å²) in [6.07, 6.45) is 5.17. The van der Waals surface area contributed by atoms with E-state index in [-0.39, 0.29) is 11.5 Å². The summed E-state index contributed by atoms with van der Waals surface area (Å²) >= 11 is 0. The van der Waals surface area contributed by atoms with E-state index in [1.165, 1.54) is 6.07 Å². The quantitative estimate of drug-likeness (QED) is 0.530. The van der Waals surface area contributed by atoms with E-state index in [2.05, 4.69) is 23.9 Å². The van der Waals surface area contributed by atoms with E-state index in [0.717, 1.165) is 44.2 Å². The zero-order chi connectivity index (χ0) is 19.5. The third-order valence-corrected chi connectivity index (χ3v) is 6.68. The van der Waals surface area contributed by atoms with Crippen molar-refractivity contribution in [3.8, 4) is 5.75 Å². The molecular weight excluding hydrogens is 367 g/mol. The maximum absolute atomic E-state index is 14.0. The molecule has 0 aliphatic heterocycles. The van der Waals surface area contributed by atoms with E-state index >= 15 is 0 Å². The molecule has 2 N–H and O–H groups in total. The molecule has 1 aromatic rings. The van der Waals surface area contributed by atoms with Gasteiger partial charge in [0.15, 0.2) is 11.6 Å². The number of benzene rings is 1. The van der Waals surface area contributed by atoms with Crippen LogP contribution in [0.1, 0.15) is 57.9 Å². The molecule has 2 aliphatic carbocycles. The van der Waals surface area contributed by atoms with Crippen LogP contribution >= 0.6 is 0 Å². The van der Waals surface area contributed by atoms with E-state index in [4.69, 9.17) is 4.74 Å². The SMILES string of the molecule is CC(C)NCCCCS(=O)(=O)NC1(c2ccc(F)c(OCC3CC3)c2)CC1. The van der Waals surface area contributed by atoms with Crippen LogP contribution in [0.5, 0.6) is 5.75 Å². The van der Waals surface area contributed by atoms with Crippen LogP contribution in [-0.4, -0.2) is 33.4 Å². The first kappa shape index (κ1) is 20.6. The van der Waals surface area contributed by atoms with E-state index in [9.17, 15) is 12.8 Å². The normalized spacial score (nSPS) is 18.7. The minimum Gasteiger partial charge on any atom is -0.490 e. The third-order valence-electron chi connectivity index (χ3n) is 5.15. The second-order valence-corrected chi connectivity index (χ2v) is 10.1. The van der Waals surface area contributed by atoms with Crippen molar-refractivity contribution in [2.75, 3.05) is 18.9 Å². The van der Waals surface area contributed by atoms with Crippen LogP contribution in [0.15, 0.2) is 18.2 Å². The van der Waals surface area contributed by atoms with Crippen molar-refractivity contribution in [1.82, 2.24) is 10.0 Å². The van der Waals surface area contributed by atoms with Gasteiger partial charge < -0.3 is 10.1 Å². The number of ether oxygens (including phenoxy) is 1. The Labute approximate surface area is 162 Å². The number of halogens is 1. The molecule has 0 amide bonds. The molecule has 0 saturated heterocycles. The highest BCUT2D eigenvalue weighted by Crippen LogP contribution is 2.47. The number of hydrogen-bond acceptors (Lipinski definition) is 4. The highest BCUT2D eigenvalue weighted by molar-refractivity contribution is 7.89. The lowest BCUT2D eigenvalue weighted by atomic mass is 10.1. The van der Waals surface area contributed by atoms with E-state index in [1.807, 2.05) is 0 Å². The van der Waals surface area contributed by atoms with Crippen LogP contribution in [-0.2, 0) is 15.6 Å². The summed E-state index contributed by atoms with van der Waals surface area (Å²) < 4.78 is 47.5. The van der Waals surface area contributed by atoms with E-state index in [0.29, 0.717) is 25.0 Å². The summed E-state index contributed by atoms with van der Waals surface area (Å²) in [6, 6.07) is 5.12. The van der Waals surface area contributed by atoms with Crippen molar-refractivity contribution < 1.29 is 17.5 Å². The monoisotopic (exact) mass is 398 g/mol. The molecule has 5 nitrogen and oxygen atoms in total. The molecule has 2 aliphatic rings. The Morgan fingerprint density at radius 1 is 1.26 bits per heavy atom. The van der Waals surface area contributed by atoms with Gasteiger partial charge in [0.25, 0.3) is 0 Å². The van der Waals surface area contributed by atoms with E-state index in [1.54, 1.807) is 12.1 Å². The maximum atomic E-state index is 14.0. The molecule has 152 valence electrons. The van der Waals surface area contributed by atoms with Gasteiger partial charge >= 0.3 is 0 Å². The van der Waals surface area contributed by atoms with Crippen molar-refractivity contribution in [2.24, 2.45) is 5.92 Å². The number of nitrogens with one attached hydrogen (secondary N) is 2. The van der Waals surface area contributed by atoms with Gasteiger partial charge in [-0.2, -0.15) is 0 Å². The molecule has 2 saturated carbocycles. The summed E-state index contributed by atoms with van der Waals surface area (Å²) in [5, 5.41) is 3.29. The van der Waals surface area contributed by atoms with Gasteiger partial charge in [-0.05, 0) is 68.7 Å². The zero-order valence-electron chi connectivity index (χ0n) is 16.3. The predicted molar refractivity (Wildman–Crippen MR) is 105 cm³/mol. The van der Waals surface area contributed by atoms with Crippen molar-refractivity contribution in [1.29, 1.82) is 0 Å². The Bertz CT molecular complexity index is 744. The smallest absolute Gasteiger partial charge is 0.212 e. The Hall–Kier alpha value is -1.18. The van der Waals surface area contributed by atoms with Gasteiger partial charge in [-0.3, -0.25) is 0 Å². The van der Waals surface area contributed by atoms with Gasteiger partial charge in [0.2, 0.25) is 10.0 Å². The van der Waals surface area contributed by atoms with Crippen LogP contribution in [0.25, 0.3) is 0 Å². The highest BCUT2D eigenvalue weighted by Gasteiger charge is 2.47. The van der Waals surface area contributed by atoms with Crippen LogP contribution in [0.4, 0.5) is 4.39 Å². The topological polar surface area (TPSA) is 67.4 Å². The van der Waals surface area contributed by atoms with Crippen molar-refractivity contribution in [3.63, 3.8) is 0 Å². The van der Waals surface area contributed by atoms with Crippen LogP contribution in [0.2, 0.25) is 0 Å².